The molecular weight excluding hydrogens is 282 g/mol. The highest BCUT2D eigenvalue weighted by atomic mass is 32.2. The molecule has 0 amide bonds. The molecule has 2 rings (SSSR count). The van der Waals surface area contributed by atoms with Gasteiger partial charge in [0.15, 0.2) is 0 Å². The van der Waals surface area contributed by atoms with E-state index in [1.165, 1.54) is 32.1 Å². The number of aromatic nitrogens is 2. The first-order valence-electron chi connectivity index (χ1n) is 8.05. The second-order valence-electron chi connectivity index (χ2n) is 6.28. The Bertz CT molecular complexity index is 481. The van der Waals surface area contributed by atoms with E-state index in [4.69, 9.17) is 0 Å². The zero-order valence-electron chi connectivity index (χ0n) is 13.2. The number of nitrogens with one attached hydrogen (secondary N) is 2. The Morgan fingerprint density at radius 3 is 2.86 bits per heavy atom. The highest BCUT2D eigenvalue weighted by molar-refractivity contribution is 7.99. The van der Waals surface area contributed by atoms with Crippen LogP contribution in [0.15, 0.2) is 10.9 Å². The molecule has 4 nitrogen and oxygen atoms in total. The molecule has 2 N–H and O–H groups in total. The van der Waals surface area contributed by atoms with E-state index in [2.05, 4.69) is 29.1 Å². The van der Waals surface area contributed by atoms with Crippen LogP contribution in [0.25, 0.3) is 0 Å². The summed E-state index contributed by atoms with van der Waals surface area (Å²) in [7, 11) is 0. The summed E-state index contributed by atoms with van der Waals surface area (Å²) in [6, 6.07) is 1.60. The molecule has 1 aliphatic rings. The summed E-state index contributed by atoms with van der Waals surface area (Å²) in [5.41, 5.74) is 0.809. The Kier molecular flexibility index (Phi) is 6.77. The van der Waals surface area contributed by atoms with Crippen LogP contribution in [0.2, 0.25) is 0 Å². The second kappa shape index (κ2) is 8.59. The predicted molar refractivity (Wildman–Crippen MR) is 89.6 cm³/mol. The summed E-state index contributed by atoms with van der Waals surface area (Å²) in [4.78, 5) is 19.2. The third-order valence-corrected chi connectivity index (χ3v) is 5.09. The number of H-pyrrole nitrogens is 1. The van der Waals surface area contributed by atoms with Gasteiger partial charge >= 0.3 is 0 Å². The molecule has 0 unspecified atom stereocenters. The number of hydrogen-bond acceptors (Lipinski definition) is 4. The average molecular weight is 309 g/mol. The van der Waals surface area contributed by atoms with Gasteiger partial charge in [-0.1, -0.05) is 33.1 Å². The minimum absolute atomic E-state index is 0.0365. The van der Waals surface area contributed by atoms with Gasteiger partial charge in [-0.05, 0) is 25.3 Å². The Morgan fingerprint density at radius 1 is 1.38 bits per heavy atom. The molecule has 0 radical (unpaired) electrons. The Balaban J connectivity index is 1.86. The summed E-state index contributed by atoms with van der Waals surface area (Å²) in [6.07, 6.45) is 6.69. The van der Waals surface area contributed by atoms with Crippen LogP contribution >= 0.6 is 11.8 Å². The minimum atomic E-state index is -0.0365. The van der Waals surface area contributed by atoms with Crippen molar-refractivity contribution < 1.29 is 0 Å². The minimum Gasteiger partial charge on any atom is -0.311 e. The van der Waals surface area contributed by atoms with Crippen LogP contribution in [0.5, 0.6) is 0 Å². The quantitative estimate of drug-likeness (QED) is 0.812. The van der Waals surface area contributed by atoms with Gasteiger partial charge in [0.2, 0.25) is 0 Å². The normalized spacial score (nSPS) is 16.5. The first kappa shape index (κ1) is 16.6. The molecule has 1 aromatic heterocycles. The van der Waals surface area contributed by atoms with E-state index >= 15 is 0 Å². The number of nitrogens with zero attached hydrogens (tertiary/aromatic N) is 1. The fraction of sp³-hybridized carbons (Fsp3) is 0.750. The number of aromatic amines is 1. The molecule has 1 aliphatic carbocycles. The molecule has 0 saturated heterocycles. The summed E-state index contributed by atoms with van der Waals surface area (Å²) >= 11 is 1.94. The van der Waals surface area contributed by atoms with Crippen molar-refractivity contribution in [1.82, 2.24) is 15.3 Å². The van der Waals surface area contributed by atoms with Crippen molar-refractivity contribution in [3.63, 3.8) is 0 Å². The first-order chi connectivity index (χ1) is 10.1. The molecule has 5 heteroatoms. The van der Waals surface area contributed by atoms with E-state index in [1.54, 1.807) is 6.07 Å². The van der Waals surface area contributed by atoms with Crippen LogP contribution in [-0.4, -0.2) is 21.8 Å². The highest BCUT2D eigenvalue weighted by Crippen LogP contribution is 2.29. The molecular formula is C16H27N3OS. The van der Waals surface area contributed by atoms with Gasteiger partial charge in [-0.2, -0.15) is 11.8 Å². The van der Waals surface area contributed by atoms with Crippen LogP contribution in [0.3, 0.4) is 0 Å². The third kappa shape index (κ3) is 6.22. The van der Waals surface area contributed by atoms with Crippen LogP contribution in [-0.2, 0) is 12.3 Å². The Labute approximate surface area is 131 Å². The molecule has 1 saturated carbocycles. The summed E-state index contributed by atoms with van der Waals surface area (Å²) in [5.74, 6) is 2.24. The first-order valence-corrected chi connectivity index (χ1v) is 9.10. The van der Waals surface area contributed by atoms with E-state index in [9.17, 15) is 4.79 Å². The molecule has 0 spiro atoms. The molecule has 118 valence electrons. The van der Waals surface area contributed by atoms with Gasteiger partial charge in [0.25, 0.3) is 5.56 Å². The van der Waals surface area contributed by atoms with E-state index in [-0.39, 0.29) is 5.56 Å². The van der Waals surface area contributed by atoms with Crippen molar-refractivity contribution in [3.8, 4) is 0 Å². The lowest BCUT2D eigenvalue weighted by Crippen LogP contribution is -2.22. The smallest absolute Gasteiger partial charge is 0.251 e. The summed E-state index contributed by atoms with van der Waals surface area (Å²) in [5, 5.41) is 4.08. The van der Waals surface area contributed by atoms with E-state index < -0.39 is 0 Å². The van der Waals surface area contributed by atoms with Crippen LogP contribution in [0, 0.1) is 5.92 Å². The van der Waals surface area contributed by atoms with Gasteiger partial charge in [-0.3, -0.25) is 4.79 Å². The third-order valence-electron chi connectivity index (χ3n) is 3.71. The molecule has 1 fully saturated rings. The van der Waals surface area contributed by atoms with E-state index in [0.717, 1.165) is 29.1 Å². The van der Waals surface area contributed by atoms with Gasteiger partial charge in [-0.15, -0.1) is 0 Å². The van der Waals surface area contributed by atoms with Gasteiger partial charge < -0.3 is 10.3 Å². The van der Waals surface area contributed by atoms with E-state index in [0.29, 0.717) is 12.5 Å². The van der Waals surface area contributed by atoms with Crippen molar-refractivity contribution in [2.24, 2.45) is 5.92 Å². The molecule has 0 aromatic carbocycles. The number of hydrogen-bond donors (Lipinski definition) is 2. The summed E-state index contributed by atoms with van der Waals surface area (Å²) in [6.45, 7) is 5.96. The molecule has 21 heavy (non-hydrogen) atoms. The van der Waals surface area contributed by atoms with E-state index in [1.807, 2.05) is 11.8 Å². The monoisotopic (exact) mass is 309 g/mol. The van der Waals surface area contributed by atoms with Gasteiger partial charge in [-0.25, -0.2) is 4.98 Å². The molecule has 0 aliphatic heterocycles. The lowest BCUT2D eigenvalue weighted by atomic mass is 10.0. The van der Waals surface area contributed by atoms with Gasteiger partial charge in [0, 0.05) is 17.9 Å². The van der Waals surface area contributed by atoms with Crippen molar-refractivity contribution in [2.45, 2.75) is 63.5 Å². The number of thioether (sulfide) groups is 1. The zero-order chi connectivity index (χ0) is 15.1. The number of rotatable bonds is 7. The second-order valence-corrected chi connectivity index (χ2v) is 7.57. The van der Waals surface area contributed by atoms with Crippen molar-refractivity contribution in [3.05, 3.63) is 27.9 Å². The van der Waals surface area contributed by atoms with Gasteiger partial charge in [0.05, 0.1) is 11.4 Å². The molecule has 0 atom stereocenters. The van der Waals surface area contributed by atoms with Crippen molar-refractivity contribution in [1.29, 1.82) is 0 Å². The zero-order valence-corrected chi connectivity index (χ0v) is 14.0. The largest absolute Gasteiger partial charge is 0.311 e. The fourth-order valence-corrected chi connectivity index (χ4v) is 3.84. The van der Waals surface area contributed by atoms with Crippen LogP contribution < -0.4 is 10.9 Å². The van der Waals surface area contributed by atoms with Crippen LogP contribution in [0.1, 0.15) is 57.5 Å². The molecule has 0 bridgehead atoms. The Hall–Kier alpha value is -0.810. The van der Waals surface area contributed by atoms with Crippen LogP contribution in [0.4, 0.5) is 0 Å². The highest BCUT2D eigenvalue weighted by Gasteiger charge is 2.14. The maximum absolute atomic E-state index is 11.7. The molecule has 1 heterocycles. The fourth-order valence-electron chi connectivity index (χ4n) is 2.64. The van der Waals surface area contributed by atoms with Crippen molar-refractivity contribution in [2.75, 3.05) is 6.54 Å². The SMILES string of the molecule is CC(C)CNCc1cc(=O)[nH]c(CSC2CCCCC2)n1. The molecule has 1 aromatic rings. The summed E-state index contributed by atoms with van der Waals surface area (Å²) < 4.78 is 0. The maximum atomic E-state index is 11.7. The van der Waals surface area contributed by atoms with Crippen molar-refractivity contribution >= 4 is 11.8 Å². The maximum Gasteiger partial charge on any atom is 0.251 e. The van der Waals surface area contributed by atoms with Gasteiger partial charge in [0.1, 0.15) is 5.82 Å². The topological polar surface area (TPSA) is 57.8 Å². The standard InChI is InChI=1S/C16H27N3OS/c1-12(2)9-17-10-13-8-16(20)19-15(18-13)11-21-14-6-4-3-5-7-14/h8,12,14,17H,3-7,9-11H2,1-2H3,(H,18,19,20). The average Bonchev–Trinajstić information content (AvgIpc) is 2.45. The predicted octanol–water partition coefficient (Wildman–Crippen LogP) is 3.08. The lowest BCUT2D eigenvalue weighted by molar-refractivity contribution is 0.516. The lowest BCUT2D eigenvalue weighted by Gasteiger charge is -2.20. The Morgan fingerprint density at radius 2 is 2.14 bits per heavy atom.